The minimum absolute atomic E-state index is 0.0404. The van der Waals surface area contributed by atoms with Crippen LogP contribution in [0.2, 0.25) is 0 Å². The Bertz CT molecular complexity index is 323. The maximum Gasteiger partial charge on any atom is 0.226 e. The van der Waals surface area contributed by atoms with Crippen LogP contribution in [0.5, 0.6) is 0 Å². The Kier molecular flexibility index (Phi) is 2.50. The van der Waals surface area contributed by atoms with Gasteiger partial charge in [0.25, 0.3) is 0 Å². The zero-order valence-electron chi connectivity index (χ0n) is 7.81. The minimum atomic E-state index is -0.668. The first-order valence-corrected chi connectivity index (χ1v) is 4.80. The highest BCUT2D eigenvalue weighted by Crippen LogP contribution is 2.26. The molecule has 2 rings (SSSR count). The van der Waals surface area contributed by atoms with E-state index in [1.165, 1.54) is 0 Å². The normalized spacial score (nSPS) is 23.2. The molecule has 0 saturated carbocycles. The van der Waals surface area contributed by atoms with Gasteiger partial charge in [-0.1, -0.05) is 30.3 Å². The third-order valence-electron chi connectivity index (χ3n) is 2.61. The molecule has 1 fully saturated rings. The summed E-state index contributed by atoms with van der Waals surface area (Å²) < 4.78 is 0. The molecular formula is C11H13NO2. The molecule has 1 aliphatic rings. The van der Waals surface area contributed by atoms with Gasteiger partial charge in [-0.25, -0.2) is 0 Å². The van der Waals surface area contributed by atoms with Crippen molar-refractivity contribution in [1.29, 1.82) is 0 Å². The number of carbonyl (C=O) groups excluding carboxylic acids is 1. The summed E-state index contributed by atoms with van der Waals surface area (Å²) in [5, 5.41) is 12.7. The van der Waals surface area contributed by atoms with Gasteiger partial charge in [-0.3, -0.25) is 4.79 Å². The second-order valence-corrected chi connectivity index (χ2v) is 3.54. The molecule has 0 radical (unpaired) electrons. The molecule has 1 amide bonds. The Labute approximate surface area is 82.8 Å². The minimum Gasteiger partial charge on any atom is -0.388 e. The first kappa shape index (κ1) is 9.21. The van der Waals surface area contributed by atoms with Crippen molar-refractivity contribution >= 4 is 5.91 Å². The van der Waals surface area contributed by atoms with Crippen LogP contribution in [0.3, 0.4) is 0 Å². The van der Waals surface area contributed by atoms with E-state index in [4.69, 9.17) is 0 Å². The zero-order valence-corrected chi connectivity index (χ0v) is 7.81. The third-order valence-corrected chi connectivity index (χ3v) is 2.61. The first-order valence-electron chi connectivity index (χ1n) is 4.80. The van der Waals surface area contributed by atoms with Gasteiger partial charge in [-0.15, -0.1) is 0 Å². The molecule has 2 N–H and O–H groups in total. The molecule has 1 heterocycles. The van der Waals surface area contributed by atoms with Gasteiger partial charge >= 0.3 is 0 Å². The summed E-state index contributed by atoms with van der Waals surface area (Å²) in [6.45, 7) is 0.674. The molecule has 1 saturated heterocycles. The molecule has 0 aromatic heterocycles. The standard InChI is InChI=1S/C11H13NO2/c13-10(8-4-2-1-3-5-8)9-6-7-12-11(9)14/h1-5,9-10,13H,6-7H2,(H,12,14). The quantitative estimate of drug-likeness (QED) is 0.728. The van der Waals surface area contributed by atoms with Crippen LogP contribution in [-0.2, 0) is 4.79 Å². The number of nitrogens with one attached hydrogen (secondary N) is 1. The Morgan fingerprint density at radius 1 is 1.36 bits per heavy atom. The second-order valence-electron chi connectivity index (χ2n) is 3.54. The van der Waals surface area contributed by atoms with Crippen molar-refractivity contribution < 1.29 is 9.90 Å². The molecule has 3 heteroatoms. The van der Waals surface area contributed by atoms with Crippen LogP contribution >= 0.6 is 0 Å². The maximum absolute atomic E-state index is 11.3. The average Bonchev–Trinajstić information content (AvgIpc) is 2.65. The van der Waals surface area contributed by atoms with Gasteiger partial charge < -0.3 is 10.4 Å². The fourth-order valence-electron chi connectivity index (χ4n) is 1.80. The van der Waals surface area contributed by atoms with Crippen molar-refractivity contribution in [3.63, 3.8) is 0 Å². The molecule has 0 bridgehead atoms. The van der Waals surface area contributed by atoms with Gasteiger partial charge in [0.15, 0.2) is 0 Å². The highest BCUT2D eigenvalue weighted by Gasteiger charge is 2.31. The smallest absolute Gasteiger partial charge is 0.226 e. The molecule has 1 aromatic rings. The topological polar surface area (TPSA) is 49.3 Å². The third kappa shape index (κ3) is 1.63. The van der Waals surface area contributed by atoms with E-state index in [1.807, 2.05) is 30.3 Å². The average molecular weight is 191 g/mol. The van der Waals surface area contributed by atoms with E-state index < -0.39 is 6.10 Å². The molecule has 14 heavy (non-hydrogen) atoms. The molecule has 2 atom stereocenters. The van der Waals surface area contributed by atoms with Crippen molar-refractivity contribution in [1.82, 2.24) is 5.32 Å². The Morgan fingerprint density at radius 3 is 2.64 bits per heavy atom. The van der Waals surface area contributed by atoms with Crippen LogP contribution in [0, 0.1) is 5.92 Å². The molecule has 3 nitrogen and oxygen atoms in total. The summed E-state index contributed by atoms with van der Waals surface area (Å²) in [4.78, 5) is 11.3. The van der Waals surface area contributed by atoms with Crippen LogP contribution in [-0.4, -0.2) is 17.6 Å². The highest BCUT2D eigenvalue weighted by molar-refractivity contribution is 5.81. The van der Waals surface area contributed by atoms with Gasteiger partial charge in [0.05, 0.1) is 12.0 Å². The van der Waals surface area contributed by atoms with Gasteiger partial charge in [-0.2, -0.15) is 0 Å². The summed E-state index contributed by atoms with van der Waals surface area (Å²) in [6, 6.07) is 9.31. The van der Waals surface area contributed by atoms with Crippen molar-refractivity contribution in [3.05, 3.63) is 35.9 Å². The molecule has 74 valence electrons. The van der Waals surface area contributed by atoms with Crippen molar-refractivity contribution in [2.75, 3.05) is 6.54 Å². The van der Waals surface area contributed by atoms with E-state index in [-0.39, 0.29) is 11.8 Å². The van der Waals surface area contributed by atoms with E-state index in [9.17, 15) is 9.90 Å². The Hall–Kier alpha value is -1.35. The fraction of sp³-hybridized carbons (Fsp3) is 0.364. The number of carbonyl (C=O) groups is 1. The Balaban J connectivity index is 2.16. The monoisotopic (exact) mass is 191 g/mol. The second kappa shape index (κ2) is 3.80. The molecule has 1 aromatic carbocycles. The van der Waals surface area contributed by atoms with Gasteiger partial charge in [0, 0.05) is 6.54 Å². The molecular weight excluding hydrogens is 178 g/mol. The summed E-state index contributed by atoms with van der Waals surface area (Å²) >= 11 is 0. The molecule has 1 aliphatic heterocycles. The molecule has 2 unspecified atom stereocenters. The zero-order chi connectivity index (χ0) is 9.97. The van der Waals surface area contributed by atoms with Crippen molar-refractivity contribution in [3.8, 4) is 0 Å². The van der Waals surface area contributed by atoms with Crippen LogP contribution < -0.4 is 5.32 Å². The van der Waals surface area contributed by atoms with E-state index >= 15 is 0 Å². The summed E-state index contributed by atoms with van der Waals surface area (Å²) in [7, 11) is 0. The van der Waals surface area contributed by atoms with Crippen LogP contribution in [0.1, 0.15) is 18.1 Å². The van der Waals surface area contributed by atoms with E-state index in [2.05, 4.69) is 5.32 Å². The van der Waals surface area contributed by atoms with Gasteiger partial charge in [0.2, 0.25) is 5.91 Å². The fourth-order valence-corrected chi connectivity index (χ4v) is 1.80. The number of rotatable bonds is 2. The summed E-state index contributed by atoms with van der Waals surface area (Å²) in [5.41, 5.74) is 0.814. The first-order chi connectivity index (χ1) is 6.79. The van der Waals surface area contributed by atoms with Crippen molar-refractivity contribution in [2.45, 2.75) is 12.5 Å². The van der Waals surface area contributed by atoms with Crippen LogP contribution in [0.15, 0.2) is 30.3 Å². The molecule has 0 aliphatic carbocycles. The summed E-state index contributed by atoms with van der Waals surface area (Å²) in [6.07, 6.45) is 0.0493. The van der Waals surface area contributed by atoms with Crippen LogP contribution in [0.25, 0.3) is 0 Å². The molecule has 0 spiro atoms. The predicted octanol–water partition coefficient (Wildman–Crippen LogP) is 0.856. The van der Waals surface area contributed by atoms with Crippen molar-refractivity contribution in [2.24, 2.45) is 5.92 Å². The summed E-state index contributed by atoms with van der Waals surface area (Å²) in [5.74, 6) is -0.321. The number of hydrogen-bond donors (Lipinski definition) is 2. The lowest BCUT2D eigenvalue weighted by molar-refractivity contribution is -0.125. The van der Waals surface area contributed by atoms with E-state index in [0.717, 1.165) is 12.0 Å². The SMILES string of the molecule is O=C1NCCC1C(O)c1ccccc1. The van der Waals surface area contributed by atoms with Gasteiger partial charge in [-0.05, 0) is 12.0 Å². The number of hydrogen-bond acceptors (Lipinski definition) is 2. The highest BCUT2D eigenvalue weighted by atomic mass is 16.3. The Morgan fingerprint density at radius 2 is 2.07 bits per heavy atom. The number of benzene rings is 1. The lowest BCUT2D eigenvalue weighted by Crippen LogP contribution is -2.23. The van der Waals surface area contributed by atoms with E-state index in [1.54, 1.807) is 0 Å². The van der Waals surface area contributed by atoms with Gasteiger partial charge in [0.1, 0.15) is 0 Å². The lowest BCUT2D eigenvalue weighted by Gasteiger charge is -2.15. The lowest BCUT2D eigenvalue weighted by atomic mass is 9.95. The van der Waals surface area contributed by atoms with E-state index in [0.29, 0.717) is 6.54 Å². The predicted molar refractivity (Wildman–Crippen MR) is 52.5 cm³/mol. The largest absolute Gasteiger partial charge is 0.388 e. The number of amides is 1. The van der Waals surface area contributed by atoms with Crippen LogP contribution in [0.4, 0.5) is 0 Å². The number of aliphatic hydroxyl groups is 1. The maximum atomic E-state index is 11.3. The number of aliphatic hydroxyl groups excluding tert-OH is 1.